The van der Waals surface area contributed by atoms with Crippen LogP contribution in [0, 0.1) is 11.3 Å². The van der Waals surface area contributed by atoms with Crippen molar-refractivity contribution >= 4 is 34.5 Å². The van der Waals surface area contributed by atoms with Gasteiger partial charge in [-0.1, -0.05) is 63.2 Å². The Morgan fingerprint density at radius 1 is 0.973 bits per heavy atom. The minimum absolute atomic E-state index is 0.0707. The number of ether oxygens (including phenoxy) is 2. The zero-order valence-electron chi connectivity index (χ0n) is 22.2. The predicted octanol–water partition coefficient (Wildman–Crippen LogP) is 2.12. The van der Waals surface area contributed by atoms with Gasteiger partial charge in [0, 0.05) is 14.0 Å². The van der Waals surface area contributed by atoms with Crippen molar-refractivity contribution in [1.29, 1.82) is 0 Å². The highest BCUT2D eigenvalue weighted by molar-refractivity contribution is 5.93. The van der Waals surface area contributed by atoms with E-state index in [1.165, 1.54) is 14.0 Å². The van der Waals surface area contributed by atoms with Crippen molar-refractivity contribution in [2.24, 2.45) is 11.3 Å². The molecule has 2 aromatic carbocycles. The van der Waals surface area contributed by atoms with E-state index in [9.17, 15) is 24.4 Å². The molecule has 4 atom stereocenters. The lowest BCUT2D eigenvalue weighted by molar-refractivity contribution is -0.159. The van der Waals surface area contributed by atoms with E-state index in [-0.39, 0.29) is 13.0 Å². The summed E-state index contributed by atoms with van der Waals surface area (Å²) in [6, 6.07) is 12.5. The van der Waals surface area contributed by atoms with Crippen LogP contribution in [0.15, 0.2) is 42.5 Å². The van der Waals surface area contributed by atoms with Crippen LogP contribution in [0.3, 0.4) is 0 Å². The van der Waals surface area contributed by atoms with Gasteiger partial charge in [-0.15, -0.1) is 0 Å². The molecule has 10 nitrogen and oxygen atoms in total. The topological polar surface area (TPSA) is 143 Å². The molecule has 0 aliphatic rings. The third-order valence-electron chi connectivity index (χ3n) is 5.88. The van der Waals surface area contributed by atoms with Gasteiger partial charge in [-0.3, -0.25) is 24.4 Å². The van der Waals surface area contributed by atoms with E-state index in [1.54, 1.807) is 33.2 Å². The lowest BCUT2D eigenvalue weighted by Gasteiger charge is -2.33. The highest BCUT2D eigenvalue weighted by Gasteiger charge is 2.39. The SMILES string of the molecule is CNC(=O)[C@@H](NC(=O)[C@H](Cc1ccc2ccccc2c1)[C@H](OCC(C)OC(C)=O)C(=O)NO)C(C)(C)C. The number of carbonyl (C=O) groups is 4. The van der Waals surface area contributed by atoms with Gasteiger partial charge in [-0.2, -0.15) is 0 Å². The Labute approximate surface area is 217 Å². The van der Waals surface area contributed by atoms with Gasteiger partial charge < -0.3 is 20.1 Å². The van der Waals surface area contributed by atoms with Crippen LogP contribution >= 0.6 is 0 Å². The van der Waals surface area contributed by atoms with Crippen molar-refractivity contribution in [3.05, 3.63) is 48.0 Å². The molecule has 0 aliphatic heterocycles. The maximum atomic E-state index is 13.7. The summed E-state index contributed by atoms with van der Waals surface area (Å²) in [5, 5.41) is 16.7. The van der Waals surface area contributed by atoms with Crippen LogP contribution in [-0.4, -0.2) is 60.8 Å². The molecule has 4 N–H and O–H groups in total. The van der Waals surface area contributed by atoms with E-state index >= 15 is 0 Å². The molecule has 0 bridgehead atoms. The first kappa shape index (κ1) is 29.7. The molecule has 0 heterocycles. The molecule has 1 unspecified atom stereocenters. The number of hydrogen-bond acceptors (Lipinski definition) is 7. The third-order valence-corrected chi connectivity index (χ3v) is 5.88. The van der Waals surface area contributed by atoms with Crippen molar-refractivity contribution in [3.8, 4) is 0 Å². The second-order valence-electron chi connectivity index (χ2n) is 10.1. The van der Waals surface area contributed by atoms with Crippen LogP contribution in [0.2, 0.25) is 0 Å². The molecule has 0 saturated carbocycles. The maximum Gasteiger partial charge on any atom is 0.302 e. The molecular formula is C27H37N3O7. The number of esters is 1. The Morgan fingerprint density at radius 3 is 2.19 bits per heavy atom. The minimum Gasteiger partial charge on any atom is -0.460 e. The summed E-state index contributed by atoms with van der Waals surface area (Å²) in [4.78, 5) is 50.2. The Morgan fingerprint density at radius 2 is 1.62 bits per heavy atom. The molecule has 10 heteroatoms. The number of carbonyl (C=O) groups excluding carboxylic acids is 4. The van der Waals surface area contributed by atoms with E-state index in [4.69, 9.17) is 9.47 Å². The van der Waals surface area contributed by atoms with Gasteiger partial charge in [0.2, 0.25) is 11.8 Å². The molecule has 0 fully saturated rings. The lowest BCUT2D eigenvalue weighted by atomic mass is 9.84. The third kappa shape index (κ3) is 8.54. The fraction of sp³-hybridized carbons (Fsp3) is 0.481. The van der Waals surface area contributed by atoms with Gasteiger partial charge in [-0.25, -0.2) is 5.48 Å². The number of fused-ring (bicyclic) bond motifs is 1. The van der Waals surface area contributed by atoms with Crippen LogP contribution in [-0.2, 0) is 35.1 Å². The van der Waals surface area contributed by atoms with Crippen molar-refractivity contribution in [2.45, 2.75) is 59.3 Å². The molecule has 3 amide bonds. The average Bonchev–Trinajstić information content (AvgIpc) is 2.84. The lowest BCUT2D eigenvalue weighted by Crippen LogP contribution is -2.57. The first-order valence-corrected chi connectivity index (χ1v) is 12.1. The van der Waals surface area contributed by atoms with Crippen molar-refractivity contribution < 1.29 is 33.9 Å². The van der Waals surface area contributed by atoms with Gasteiger partial charge in [0.15, 0.2) is 0 Å². The van der Waals surface area contributed by atoms with Crippen LogP contribution < -0.4 is 16.1 Å². The maximum absolute atomic E-state index is 13.7. The Bertz CT molecular complexity index is 1110. The first-order chi connectivity index (χ1) is 17.4. The Kier molecular flexibility index (Phi) is 10.6. The number of rotatable bonds is 11. The highest BCUT2D eigenvalue weighted by Crippen LogP contribution is 2.24. The zero-order chi connectivity index (χ0) is 27.8. The van der Waals surface area contributed by atoms with Crippen molar-refractivity contribution in [1.82, 2.24) is 16.1 Å². The fourth-order valence-electron chi connectivity index (χ4n) is 4.02. The largest absolute Gasteiger partial charge is 0.460 e. The fourth-order valence-corrected chi connectivity index (χ4v) is 4.02. The molecule has 2 rings (SSSR count). The van der Waals surface area contributed by atoms with E-state index in [2.05, 4.69) is 10.6 Å². The smallest absolute Gasteiger partial charge is 0.302 e. The van der Waals surface area contributed by atoms with E-state index in [0.29, 0.717) is 0 Å². The summed E-state index contributed by atoms with van der Waals surface area (Å²) in [5.74, 6) is -3.60. The van der Waals surface area contributed by atoms with E-state index in [1.807, 2.05) is 42.5 Å². The standard InChI is InChI=1S/C27H37N3O7/c1-16(37-17(2)31)15-36-22(25(33)30-35)21(24(32)29-23(26(34)28-6)27(3,4)5)14-18-11-12-19-9-7-8-10-20(19)13-18/h7-13,16,21-23,35H,14-15H2,1-6H3,(H,28,34)(H,29,32)(H,30,33)/t16?,21-,22+,23-/m1/s1. The molecule has 0 aliphatic carbocycles. The summed E-state index contributed by atoms with van der Waals surface area (Å²) >= 11 is 0. The van der Waals surface area contributed by atoms with E-state index in [0.717, 1.165) is 16.3 Å². The summed E-state index contributed by atoms with van der Waals surface area (Å²) in [6.45, 7) is 8.05. The first-order valence-electron chi connectivity index (χ1n) is 12.1. The summed E-state index contributed by atoms with van der Waals surface area (Å²) in [6.07, 6.45) is -2.08. The van der Waals surface area contributed by atoms with Gasteiger partial charge >= 0.3 is 5.97 Å². The van der Waals surface area contributed by atoms with Gasteiger partial charge in [0.05, 0.1) is 12.5 Å². The van der Waals surface area contributed by atoms with Gasteiger partial charge in [-0.05, 0) is 35.1 Å². The van der Waals surface area contributed by atoms with Crippen molar-refractivity contribution in [2.75, 3.05) is 13.7 Å². The molecule has 202 valence electrons. The predicted molar refractivity (Wildman–Crippen MR) is 137 cm³/mol. The molecule has 0 spiro atoms. The average molecular weight is 516 g/mol. The van der Waals surface area contributed by atoms with Crippen LogP contribution in [0.4, 0.5) is 0 Å². The number of nitrogens with one attached hydrogen (secondary N) is 3. The normalized spacial score (nSPS) is 14.7. The molecular weight excluding hydrogens is 478 g/mol. The molecule has 2 aromatic rings. The summed E-state index contributed by atoms with van der Waals surface area (Å²) < 4.78 is 10.8. The highest BCUT2D eigenvalue weighted by atomic mass is 16.6. The van der Waals surface area contributed by atoms with Crippen LogP contribution in [0.1, 0.15) is 40.2 Å². The van der Waals surface area contributed by atoms with Crippen LogP contribution in [0.5, 0.6) is 0 Å². The molecule has 37 heavy (non-hydrogen) atoms. The zero-order valence-corrected chi connectivity index (χ0v) is 22.2. The Hall–Kier alpha value is -3.50. The van der Waals surface area contributed by atoms with Crippen molar-refractivity contribution in [3.63, 3.8) is 0 Å². The molecule has 0 radical (unpaired) electrons. The number of benzene rings is 2. The molecule has 0 saturated heterocycles. The Balaban J connectivity index is 2.45. The number of amides is 3. The number of likely N-dealkylation sites (N-methyl/N-ethyl adjacent to an activating group) is 1. The minimum atomic E-state index is -1.44. The quantitative estimate of drug-likeness (QED) is 0.204. The summed E-state index contributed by atoms with van der Waals surface area (Å²) in [5.41, 5.74) is 1.68. The second kappa shape index (κ2) is 13.2. The second-order valence-corrected chi connectivity index (χ2v) is 10.1. The van der Waals surface area contributed by atoms with Gasteiger partial charge in [0.1, 0.15) is 18.2 Å². The monoisotopic (exact) mass is 515 g/mol. The number of hydroxylamine groups is 1. The molecule has 0 aromatic heterocycles. The van der Waals surface area contributed by atoms with Gasteiger partial charge in [0.25, 0.3) is 5.91 Å². The summed E-state index contributed by atoms with van der Waals surface area (Å²) in [7, 11) is 1.47. The van der Waals surface area contributed by atoms with Crippen LogP contribution in [0.25, 0.3) is 10.8 Å². The number of hydrogen-bond donors (Lipinski definition) is 4. The van der Waals surface area contributed by atoms with E-state index < -0.39 is 53.3 Å².